The van der Waals surface area contributed by atoms with Crippen molar-refractivity contribution in [2.75, 3.05) is 50.3 Å². The van der Waals surface area contributed by atoms with Gasteiger partial charge in [-0.15, -0.1) is 0 Å². The Bertz CT molecular complexity index is 2460. The third-order valence-electron chi connectivity index (χ3n) is 9.99. The number of aromatic carboxylic acids is 1. The Labute approximate surface area is 328 Å². The highest BCUT2D eigenvalue weighted by molar-refractivity contribution is 7.41. The molecule has 57 heavy (non-hydrogen) atoms. The SMILES string of the molecule is CN1CC2CCN(c3c(-c4cnc5c(c4)c(=O)c(C(=O)O)cn5C)cnc4[nH]c5c(N(C)C(=O)OCOP(OC(C)(C)C)OC(C)(C)C)cc(F)c(F)c5c34)C2C1. The van der Waals surface area contributed by atoms with E-state index >= 15 is 8.78 Å². The molecular formula is C39H46F2N7O8P. The Morgan fingerprint density at radius 1 is 1.04 bits per heavy atom. The van der Waals surface area contributed by atoms with Crippen molar-refractivity contribution in [1.82, 2.24) is 24.4 Å². The van der Waals surface area contributed by atoms with Crippen molar-refractivity contribution in [3.8, 4) is 11.1 Å². The number of carboxylic acid groups (broad SMARTS) is 1. The van der Waals surface area contributed by atoms with Crippen molar-refractivity contribution in [3.05, 3.63) is 58.1 Å². The maximum Gasteiger partial charge on any atom is 0.416 e. The predicted octanol–water partition coefficient (Wildman–Crippen LogP) is 7.15. The van der Waals surface area contributed by atoms with Crippen molar-refractivity contribution in [3.63, 3.8) is 0 Å². The highest BCUT2D eigenvalue weighted by Crippen LogP contribution is 2.49. The van der Waals surface area contributed by atoms with Gasteiger partial charge in [-0.25, -0.2) is 28.3 Å². The highest BCUT2D eigenvalue weighted by atomic mass is 31.2. The number of carbonyl (C=O) groups is 2. The molecule has 6 heterocycles. The number of amides is 1. The standard InChI is InChI=1S/C39H46F2N7O8P/c1-38(2,3)55-57(56-39(4,5)6)54-19-53-37(52)47(9)26-13-25(40)30(41)28-29-32(48-11-10-20-16-45(7)18-27(20)48)23(15-42-34(29)44-31(26)28)21-12-22-33(49)24(36(50)51)17-46(8)35(22)43-14-21/h12-15,17,20,27H,10-11,16,18-19H2,1-9H3,(H,42,44)(H,50,51). The van der Waals surface area contributed by atoms with Gasteiger partial charge in [-0.1, -0.05) is 0 Å². The van der Waals surface area contributed by atoms with E-state index in [0.29, 0.717) is 29.3 Å². The van der Waals surface area contributed by atoms with Crippen LogP contribution in [0.2, 0.25) is 0 Å². The van der Waals surface area contributed by atoms with Gasteiger partial charge in [0.15, 0.2) is 11.6 Å². The molecular weight excluding hydrogens is 763 g/mol. The number of nitrogens with one attached hydrogen (secondary N) is 1. The first kappa shape index (κ1) is 40.4. The molecule has 2 aliphatic heterocycles. The monoisotopic (exact) mass is 809 g/mol. The Hall–Kier alpha value is -4.80. The van der Waals surface area contributed by atoms with Crippen LogP contribution in [-0.2, 0) is 25.4 Å². The summed E-state index contributed by atoms with van der Waals surface area (Å²) in [5, 5.41) is 9.96. The van der Waals surface area contributed by atoms with Gasteiger partial charge in [0.2, 0.25) is 12.2 Å². The number of ether oxygens (including phenoxy) is 1. The first-order valence-corrected chi connectivity index (χ1v) is 19.5. The van der Waals surface area contributed by atoms with E-state index in [1.54, 1.807) is 25.5 Å². The number of anilines is 2. The third kappa shape index (κ3) is 7.78. The summed E-state index contributed by atoms with van der Waals surface area (Å²) in [4.78, 5) is 56.6. The Morgan fingerprint density at radius 3 is 2.40 bits per heavy atom. The van der Waals surface area contributed by atoms with E-state index in [4.69, 9.17) is 18.3 Å². The molecule has 7 rings (SSSR count). The number of aromatic nitrogens is 4. The fraction of sp³-hybridized carbons (Fsp3) is 0.462. The van der Waals surface area contributed by atoms with E-state index in [1.807, 2.05) is 48.6 Å². The quantitative estimate of drug-likeness (QED) is 0.114. The van der Waals surface area contributed by atoms with Gasteiger partial charge >= 0.3 is 20.7 Å². The number of benzene rings is 1. The van der Waals surface area contributed by atoms with Gasteiger partial charge in [-0.05, 0) is 67.0 Å². The van der Waals surface area contributed by atoms with Crippen molar-refractivity contribution in [2.24, 2.45) is 13.0 Å². The lowest BCUT2D eigenvalue weighted by molar-refractivity contribution is -0.00294. The molecule has 0 saturated carbocycles. The summed E-state index contributed by atoms with van der Waals surface area (Å²) < 4.78 is 56.6. The summed E-state index contributed by atoms with van der Waals surface area (Å²) >= 11 is 0. The van der Waals surface area contributed by atoms with E-state index in [-0.39, 0.29) is 44.7 Å². The minimum atomic E-state index is -1.93. The number of rotatable bonds is 9. The number of pyridine rings is 3. The number of aromatic amines is 1. The Kier molecular flexibility index (Phi) is 10.5. The van der Waals surface area contributed by atoms with Crippen LogP contribution in [0.5, 0.6) is 0 Å². The number of H-pyrrole nitrogens is 1. The van der Waals surface area contributed by atoms with Crippen LogP contribution < -0.4 is 15.2 Å². The topological polar surface area (TPSA) is 165 Å². The van der Waals surface area contributed by atoms with Crippen LogP contribution in [0.15, 0.2) is 35.5 Å². The molecule has 5 aromatic rings. The summed E-state index contributed by atoms with van der Waals surface area (Å²) in [5.74, 6) is -3.42. The van der Waals surface area contributed by atoms with Crippen LogP contribution in [-0.4, -0.2) is 99.4 Å². The largest absolute Gasteiger partial charge is 0.477 e. The molecule has 18 heteroatoms. The van der Waals surface area contributed by atoms with E-state index in [0.717, 1.165) is 30.5 Å². The number of aryl methyl sites for hydroxylation is 1. The van der Waals surface area contributed by atoms with Crippen LogP contribution in [0, 0.1) is 17.6 Å². The second kappa shape index (κ2) is 14.9. The van der Waals surface area contributed by atoms with E-state index in [9.17, 15) is 19.5 Å². The number of carbonyl (C=O) groups excluding carboxylic acids is 1. The zero-order valence-corrected chi connectivity index (χ0v) is 34.2. The first-order valence-electron chi connectivity index (χ1n) is 18.4. The van der Waals surface area contributed by atoms with E-state index < -0.39 is 61.3 Å². The van der Waals surface area contributed by atoms with Gasteiger partial charge in [0.25, 0.3) is 0 Å². The maximum absolute atomic E-state index is 16.4. The summed E-state index contributed by atoms with van der Waals surface area (Å²) in [6, 6.07) is 2.49. The molecule has 2 N–H and O–H groups in total. The van der Waals surface area contributed by atoms with Crippen molar-refractivity contribution in [2.45, 2.75) is 65.2 Å². The van der Waals surface area contributed by atoms with Crippen molar-refractivity contribution < 1.29 is 41.8 Å². The maximum atomic E-state index is 16.4. The first-order chi connectivity index (χ1) is 26.7. The smallest absolute Gasteiger partial charge is 0.416 e. The molecule has 1 aromatic carbocycles. The van der Waals surface area contributed by atoms with Crippen molar-refractivity contribution in [1.29, 1.82) is 0 Å². The fourth-order valence-electron chi connectivity index (χ4n) is 7.65. The molecule has 0 bridgehead atoms. The molecule has 2 saturated heterocycles. The van der Waals surface area contributed by atoms with Crippen LogP contribution in [0.1, 0.15) is 58.3 Å². The molecule has 2 unspecified atom stereocenters. The number of nitrogens with zero attached hydrogens (tertiary/aromatic N) is 6. The molecule has 2 atom stereocenters. The Balaban J connectivity index is 1.34. The van der Waals surface area contributed by atoms with Crippen LogP contribution in [0.4, 0.5) is 25.0 Å². The number of carboxylic acids is 1. The molecule has 304 valence electrons. The second-order valence-electron chi connectivity index (χ2n) is 16.6. The zero-order valence-electron chi connectivity index (χ0n) is 33.3. The van der Waals surface area contributed by atoms with Gasteiger partial charge in [-0.3, -0.25) is 14.2 Å². The number of hydrogen-bond donors (Lipinski definition) is 2. The highest BCUT2D eigenvalue weighted by Gasteiger charge is 2.42. The number of likely N-dealkylation sites (N-methyl/N-ethyl adjacent to an activating group) is 1. The molecule has 4 aromatic heterocycles. The molecule has 1 amide bonds. The number of likely N-dealkylation sites (tertiary alicyclic amines) is 1. The molecule has 0 aliphatic carbocycles. The van der Waals surface area contributed by atoms with Gasteiger partial charge < -0.3 is 38.2 Å². The summed E-state index contributed by atoms with van der Waals surface area (Å²) in [5.41, 5.74) is -0.315. The van der Waals surface area contributed by atoms with Gasteiger partial charge in [-0.2, -0.15) is 0 Å². The van der Waals surface area contributed by atoms with Crippen LogP contribution in [0.25, 0.3) is 44.1 Å². The predicted molar refractivity (Wildman–Crippen MR) is 213 cm³/mol. The summed E-state index contributed by atoms with van der Waals surface area (Å²) in [6.07, 6.45) is 4.28. The van der Waals surface area contributed by atoms with E-state index in [1.165, 1.54) is 17.8 Å². The molecule has 15 nitrogen and oxygen atoms in total. The summed E-state index contributed by atoms with van der Waals surface area (Å²) in [7, 11) is 3.07. The number of hydrogen-bond acceptors (Lipinski definition) is 11. The zero-order chi connectivity index (χ0) is 41.3. The lowest BCUT2D eigenvalue weighted by Gasteiger charge is -2.30. The lowest BCUT2D eigenvalue weighted by atomic mass is 9.99. The van der Waals surface area contributed by atoms with Crippen LogP contribution in [0.3, 0.4) is 0 Å². The van der Waals surface area contributed by atoms with Crippen molar-refractivity contribution >= 4 is 65.0 Å². The minimum Gasteiger partial charge on any atom is -0.477 e. The number of fused-ring (bicyclic) bond motifs is 5. The molecule has 2 fully saturated rings. The van der Waals surface area contributed by atoms with Gasteiger partial charge in [0, 0.05) is 75.6 Å². The number of halogens is 2. The normalized spacial score (nSPS) is 17.7. The third-order valence-corrected chi connectivity index (χ3v) is 11.7. The van der Waals surface area contributed by atoms with Gasteiger partial charge in [0.1, 0.15) is 16.9 Å². The average Bonchev–Trinajstić information content (AvgIpc) is 3.81. The molecule has 0 radical (unpaired) electrons. The average molecular weight is 810 g/mol. The summed E-state index contributed by atoms with van der Waals surface area (Å²) in [6.45, 7) is 12.6. The van der Waals surface area contributed by atoms with Gasteiger partial charge in [0.05, 0.1) is 44.3 Å². The fourth-order valence-corrected chi connectivity index (χ4v) is 8.82. The molecule has 0 spiro atoms. The van der Waals surface area contributed by atoms with E-state index in [2.05, 4.69) is 24.8 Å². The molecule has 2 aliphatic rings. The minimum absolute atomic E-state index is 0.0180. The lowest BCUT2D eigenvalue weighted by Crippen LogP contribution is -2.35. The second-order valence-corrected chi connectivity index (χ2v) is 17.6. The Morgan fingerprint density at radius 2 is 1.74 bits per heavy atom. The van der Waals surface area contributed by atoms with Crippen LogP contribution >= 0.6 is 8.60 Å².